The molecule has 18 heavy (non-hydrogen) atoms. The highest BCUT2D eigenvalue weighted by Gasteiger charge is 2.18. The quantitative estimate of drug-likeness (QED) is 0.598. The Labute approximate surface area is 100 Å². The lowest BCUT2D eigenvalue weighted by atomic mass is 10.3. The third kappa shape index (κ3) is 3.97. The fourth-order valence-corrected chi connectivity index (χ4v) is 1.99. The molecule has 0 aliphatic rings. The Balaban J connectivity index is 3.05. The zero-order chi connectivity index (χ0) is 13.9. The summed E-state index contributed by atoms with van der Waals surface area (Å²) in [5, 5.41) is 18.7. The molecule has 0 saturated heterocycles. The average molecular weight is 278 g/mol. The number of hydrogen-bond acceptors (Lipinski definition) is 5. The lowest BCUT2D eigenvalue weighted by Crippen LogP contribution is -2.22. The topological polar surface area (TPSA) is 127 Å². The third-order valence-electron chi connectivity index (χ3n) is 1.68. The van der Waals surface area contributed by atoms with Crippen LogP contribution in [-0.4, -0.2) is 30.2 Å². The maximum Gasteiger partial charge on any atom is 0.320 e. The van der Waals surface area contributed by atoms with Gasteiger partial charge in [0.05, 0.1) is 16.7 Å². The fraction of sp³-hybridized carbons (Fsp3) is 0.125. The highest BCUT2D eigenvalue weighted by molar-refractivity contribution is 7.93. The number of nitro benzene ring substituents is 1. The van der Waals surface area contributed by atoms with E-state index in [1.54, 1.807) is 4.72 Å². The molecule has 0 bridgehead atoms. The van der Waals surface area contributed by atoms with Gasteiger partial charge in [0.25, 0.3) is 5.69 Å². The summed E-state index contributed by atoms with van der Waals surface area (Å²) < 4.78 is 37.1. The first-order valence-corrected chi connectivity index (χ1v) is 6.02. The molecule has 8 nitrogen and oxygen atoms in total. The average Bonchev–Trinajstić information content (AvgIpc) is 2.12. The van der Waals surface area contributed by atoms with Crippen LogP contribution in [0.1, 0.15) is 0 Å². The molecule has 0 aliphatic carbocycles. The van der Waals surface area contributed by atoms with Gasteiger partial charge in [-0.25, -0.2) is 12.8 Å². The molecule has 98 valence electrons. The van der Waals surface area contributed by atoms with Crippen molar-refractivity contribution >= 4 is 27.4 Å². The number of rotatable bonds is 5. The number of carboxylic acid groups (broad SMARTS) is 1. The van der Waals surface area contributed by atoms with Crippen molar-refractivity contribution in [2.24, 2.45) is 0 Å². The minimum absolute atomic E-state index is 0.414. The molecule has 1 rings (SSSR count). The Morgan fingerprint density at radius 3 is 2.56 bits per heavy atom. The Bertz CT molecular complexity index is 600. The monoisotopic (exact) mass is 278 g/mol. The van der Waals surface area contributed by atoms with E-state index in [2.05, 4.69) is 0 Å². The second-order valence-corrected chi connectivity index (χ2v) is 4.93. The van der Waals surface area contributed by atoms with Gasteiger partial charge in [0.1, 0.15) is 5.82 Å². The summed E-state index contributed by atoms with van der Waals surface area (Å²) in [6.45, 7) is 0. The number of hydrogen-bond donors (Lipinski definition) is 2. The van der Waals surface area contributed by atoms with E-state index in [4.69, 9.17) is 5.11 Å². The van der Waals surface area contributed by atoms with E-state index in [0.29, 0.717) is 12.1 Å². The van der Waals surface area contributed by atoms with Crippen LogP contribution in [-0.2, 0) is 14.8 Å². The highest BCUT2D eigenvalue weighted by Crippen LogP contribution is 2.20. The maximum atomic E-state index is 13.0. The summed E-state index contributed by atoms with van der Waals surface area (Å²) in [5.41, 5.74) is -1.06. The van der Waals surface area contributed by atoms with E-state index < -0.39 is 43.9 Å². The first kappa shape index (κ1) is 13.8. The summed E-state index contributed by atoms with van der Waals surface area (Å²) in [4.78, 5) is 19.8. The molecular formula is C8H7FN2O6S. The Morgan fingerprint density at radius 1 is 1.44 bits per heavy atom. The molecule has 1 aromatic carbocycles. The molecule has 0 aromatic heterocycles. The van der Waals surface area contributed by atoms with Crippen LogP contribution in [0.3, 0.4) is 0 Å². The summed E-state index contributed by atoms with van der Waals surface area (Å²) in [6.07, 6.45) is 0. The van der Waals surface area contributed by atoms with E-state index in [9.17, 15) is 27.7 Å². The van der Waals surface area contributed by atoms with Gasteiger partial charge in [0, 0.05) is 6.07 Å². The van der Waals surface area contributed by atoms with E-state index in [-0.39, 0.29) is 0 Å². The van der Waals surface area contributed by atoms with Gasteiger partial charge in [-0.05, 0) is 6.07 Å². The molecule has 0 saturated carbocycles. The second kappa shape index (κ2) is 4.96. The highest BCUT2D eigenvalue weighted by atomic mass is 32.2. The zero-order valence-electron chi connectivity index (χ0n) is 8.66. The molecule has 2 N–H and O–H groups in total. The van der Waals surface area contributed by atoms with Crippen molar-refractivity contribution in [2.75, 3.05) is 10.5 Å². The van der Waals surface area contributed by atoms with Gasteiger partial charge in [0.2, 0.25) is 10.0 Å². The van der Waals surface area contributed by atoms with Crippen molar-refractivity contribution < 1.29 is 27.6 Å². The van der Waals surface area contributed by atoms with Gasteiger partial charge in [0.15, 0.2) is 5.75 Å². The van der Waals surface area contributed by atoms with Gasteiger partial charge < -0.3 is 5.11 Å². The normalized spacial score (nSPS) is 10.9. The fourth-order valence-electron chi connectivity index (χ4n) is 1.12. The van der Waals surface area contributed by atoms with Crippen LogP contribution in [0.25, 0.3) is 0 Å². The van der Waals surface area contributed by atoms with Crippen LogP contribution in [0.4, 0.5) is 15.8 Å². The summed E-state index contributed by atoms with van der Waals surface area (Å²) in [5.74, 6) is -3.84. The molecule has 0 unspecified atom stereocenters. The first-order valence-electron chi connectivity index (χ1n) is 4.37. The predicted molar refractivity (Wildman–Crippen MR) is 58.1 cm³/mol. The van der Waals surface area contributed by atoms with Crippen molar-refractivity contribution in [1.82, 2.24) is 0 Å². The Hall–Kier alpha value is -2.23. The lowest BCUT2D eigenvalue weighted by Gasteiger charge is -2.05. The van der Waals surface area contributed by atoms with Crippen LogP contribution < -0.4 is 4.72 Å². The van der Waals surface area contributed by atoms with Gasteiger partial charge in [-0.3, -0.25) is 19.6 Å². The molecule has 0 atom stereocenters. The molecule has 1 aromatic rings. The van der Waals surface area contributed by atoms with E-state index >= 15 is 0 Å². The lowest BCUT2D eigenvalue weighted by molar-refractivity contribution is -0.385. The minimum Gasteiger partial charge on any atom is -0.480 e. The van der Waals surface area contributed by atoms with Crippen LogP contribution >= 0.6 is 0 Å². The van der Waals surface area contributed by atoms with Crippen LogP contribution in [0, 0.1) is 15.9 Å². The molecule has 0 spiro atoms. The van der Waals surface area contributed by atoms with E-state index in [1.807, 2.05) is 0 Å². The number of halogens is 1. The van der Waals surface area contributed by atoms with Crippen molar-refractivity contribution in [2.45, 2.75) is 0 Å². The number of sulfonamides is 1. The van der Waals surface area contributed by atoms with Crippen LogP contribution in [0.2, 0.25) is 0 Å². The van der Waals surface area contributed by atoms with Crippen molar-refractivity contribution in [3.05, 3.63) is 34.1 Å². The first-order chi connectivity index (χ1) is 8.19. The maximum absolute atomic E-state index is 13.0. The van der Waals surface area contributed by atoms with Gasteiger partial charge in [-0.15, -0.1) is 0 Å². The van der Waals surface area contributed by atoms with E-state index in [1.165, 1.54) is 0 Å². The van der Waals surface area contributed by atoms with Crippen LogP contribution in [0.5, 0.6) is 0 Å². The van der Waals surface area contributed by atoms with Crippen LogP contribution in [0.15, 0.2) is 18.2 Å². The number of carboxylic acids is 1. The molecule has 0 radical (unpaired) electrons. The number of non-ortho nitro benzene ring substituents is 1. The van der Waals surface area contributed by atoms with Crippen molar-refractivity contribution in [3.63, 3.8) is 0 Å². The number of aliphatic carboxylic acids is 1. The number of carbonyl (C=O) groups is 1. The van der Waals surface area contributed by atoms with Crippen molar-refractivity contribution in [1.29, 1.82) is 0 Å². The zero-order valence-corrected chi connectivity index (χ0v) is 9.48. The van der Waals surface area contributed by atoms with Gasteiger partial charge in [-0.1, -0.05) is 0 Å². The molecule has 0 aliphatic heterocycles. The molecule has 0 amide bonds. The minimum atomic E-state index is -4.23. The van der Waals surface area contributed by atoms with Crippen molar-refractivity contribution in [3.8, 4) is 0 Å². The summed E-state index contributed by atoms with van der Waals surface area (Å²) in [7, 11) is -4.23. The number of nitrogens with zero attached hydrogens (tertiary/aromatic N) is 1. The molecular weight excluding hydrogens is 271 g/mol. The second-order valence-electron chi connectivity index (χ2n) is 3.21. The largest absolute Gasteiger partial charge is 0.480 e. The Morgan fingerprint density at radius 2 is 2.06 bits per heavy atom. The number of benzene rings is 1. The smallest absolute Gasteiger partial charge is 0.320 e. The molecule has 0 heterocycles. The SMILES string of the molecule is O=C(O)CS(=O)(=O)Nc1cc(F)cc([N+](=O)[O-])c1. The Kier molecular flexibility index (Phi) is 3.81. The number of nitrogens with one attached hydrogen (secondary N) is 1. The summed E-state index contributed by atoms with van der Waals surface area (Å²) >= 11 is 0. The van der Waals surface area contributed by atoms with Gasteiger partial charge >= 0.3 is 5.97 Å². The number of anilines is 1. The van der Waals surface area contributed by atoms with E-state index in [0.717, 1.165) is 6.07 Å². The molecule has 10 heteroatoms. The predicted octanol–water partition coefficient (Wildman–Crippen LogP) is 0.560. The summed E-state index contributed by atoms with van der Waals surface area (Å²) in [6, 6.07) is 2.09. The molecule has 0 fully saturated rings. The number of nitro groups is 1. The third-order valence-corrected chi connectivity index (χ3v) is 2.85. The standard InChI is InChI=1S/C8H7FN2O6S/c9-5-1-6(3-7(2-5)11(14)15)10-18(16,17)4-8(12)13/h1-3,10H,4H2,(H,12,13). The van der Waals surface area contributed by atoms with Gasteiger partial charge in [-0.2, -0.15) is 0 Å².